The maximum atomic E-state index is 14.1. The predicted octanol–water partition coefficient (Wildman–Crippen LogP) is 4.68. The molecule has 0 spiro atoms. The Balaban J connectivity index is 2.12. The number of halogens is 2. The number of nitrogens with one attached hydrogen (secondary N) is 1. The van der Waals surface area contributed by atoms with Crippen LogP contribution in [-0.4, -0.2) is 6.54 Å². The zero-order valence-electron chi connectivity index (χ0n) is 12.2. The minimum atomic E-state index is -0.485. The van der Waals surface area contributed by atoms with Crippen LogP contribution in [0.3, 0.4) is 0 Å². The van der Waals surface area contributed by atoms with E-state index in [9.17, 15) is 8.78 Å². The molecule has 0 fully saturated rings. The maximum absolute atomic E-state index is 14.1. The van der Waals surface area contributed by atoms with Crippen LogP contribution in [0.15, 0.2) is 41.3 Å². The maximum Gasteiger partial charge on any atom is 0.140 e. The summed E-state index contributed by atoms with van der Waals surface area (Å²) in [4.78, 5) is 0.0958. The zero-order valence-corrected chi connectivity index (χ0v) is 13.1. The van der Waals surface area contributed by atoms with Crippen molar-refractivity contribution in [3.63, 3.8) is 0 Å². The lowest BCUT2D eigenvalue weighted by atomic mass is 10.1. The topological polar surface area (TPSA) is 12.0 Å². The van der Waals surface area contributed by atoms with E-state index in [1.165, 1.54) is 23.9 Å². The van der Waals surface area contributed by atoms with Crippen LogP contribution >= 0.6 is 11.8 Å². The molecule has 21 heavy (non-hydrogen) atoms. The van der Waals surface area contributed by atoms with Gasteiger partial charge in [-0.25, -0.2) is 8.78 Å². The van der Waals surface area contributed by atoms with Gasteiger partial charge in [-0.05, 0) is 42.3 Å². The molecule has 0 amide bonds. The first-order valence-corrected chi connectivity index (χ1v) is 7.96. The van der Waals surface area contributed by atoms with Crippen LogP contribution in [0.5, 0.6) is 0 Å². The summed E-state index contributed by atoms with van der Waals surface area (Å²) in [5.41, 5.74) is 2.86. The molecule has 2 aromatic rings. The van der Waals surface area contributed by atoms with Crippen molar-refractivity contribution in [2.45, 2.75) is 31.0 Å². The molecule has 0 radical (unpaired) electrons. The van der Waals surface area contributed by atoms with E-state index in [1.807, 2.05) is 38.1 Å². The summed E-state index contributed by atoms with van der Waals surface area (Å²) in [6.45, 7) is 5.21. The van der Waals surface area contributed by atoms with Gasteiger partial charge in [-0.3, -0.25) is 0 Å². The second-order valence-corrected chi connectivity index (χ2v) is 5.87. The van der Waals surface area contributed by atoms with Crippen molar-refractivity contribution in [3.8, 4) is 0 Å². The van der Waals surface area contributed by atoms with Crippen molar-refractivity contribution >= 4 is 11.8 Å². The van der Waals surface area contributed by atoms with Gasteiger partial charge in [-0.15, -0.1) is 11.8 Å². The highest BCUT2D eigenvalue weighted by molar-refractivity contribution is 7.98. The Morgan fingerprint density at radius 2 is 1.76 bits per heavy atom. The van der Waals surface area contributed by atoms with Gasteiger partial charge in [-0.1, -0.05) is 31.2 Å². The van der Waals surface area contributed by atoms with E-state index in [0.29, 0.717) is 17.9 Å². The van der Waals surface area contributed by atoms with Crippen LogP contribution in [-0.2, 0) is 12.3 Å². The van der Waals surface area contributed by atoms with Gasteiger partial charge < -0.3 is 5.32 Å². The number of thioether (sulfide) groups is 1. The number of benzene rings is 2. The predicted molar refractivity (Wildman–Crippen MR) is 84.5 cm³/mol. The third-order valence-electron chi connectivity index (χ3n) is 3.27. The van der Waals surface area contributed by atoms with E-state index < -0.39 is 11.6 Å². The van der Waals surface area contributed by atoms with E-state index in [0.717, 1.165) is 17.7 Å². The zero-order chi connectivity index (χ0) is 15.2. The standard InChI is InChI=1S/C17H19F2NS/c1-3-20-10-13-8-15(18)17(16(19)9-13)21-11-14-7-5-4-6-12(14)2/h4-9,20H,3,10-11H2,1-2H3. The van der Waals surface area contributed by atoms with Crippen molar-refractivity contribution in [2.75, 3.05) is 6.54 Å². The van der Waals surface area contributed by atoms with E-state index in [-0.39, 0.29) is 4.90 Å². The fourth-order valence-corrected chi connectivity index (χ4v) is 3.06. The molecule has 0 aromatic heterocycles. The summed E-state index contributed by atoms with van der Waals surface area (Å²) in [6.07, 6.45) is 0. The summed E-state index contributed by atoms with van der Waals surface area (Å²) in [5, 5.41) is 3.06. The Kier molecular flexibility index (Phi) is 5.76. The summed E-state index contributed by atoms with van der Waals surface area (Å²) < 4.78 is 28.1. The number of rotatable bonds is 6. The van der Waals surface area contributed by atoms with E-state index >= 15 is 0 Å². The number of aryl methyl sites for hydroxylation is 1. The van der Waals surface area contributed by atoms with Crippen molar-refractivity contribution < 1.29 is 8.78 Å². The molecule has 0 heterocycles. The fraction of sp³-hybridized carbons (Fsp3) is 0.294. The van der Waals surface area contributed by atoms with Crippen molar-refractivity contribution in [1.29, 1.82) is 0 Å². The lowest BCUT2D eigenvalue weighted by molar-refractivity contribution is 0.535. The van der Waals surface area contributed by atoms with Crippen LogP contribution in [0.2, 0.25) is 0 Å². The molecule has 0 bridgehead atoms. The molecule has 0 aliphatic carbocycles. The molecule has 0 aliphatic rings. The second-order valence-electron chi connectivity index (χ2n) is 4.88. The molecule has 0 saturated heterocycles. The van der Waals surface area contributed by atoms with E-state index in [1.54, 1.807) is 0 Å². The van der Waals surface area contributed by atoms with Crippen LogP contribution in [0.1, 0.15) is 23.6 Å². The van der Waals surface area contributed by atoms with E-state index in [2.05, 4.69) is 5.32 Å². The average Bonchev–Trinajstić information content (AvgIpc) is 2.46. The first-order valence-electron chi connectivity index (χ1n) is 6.97. The molecular weight excluding hydrogens is 288 g/mol. The quantitative estimate of drug-likeness (QED) is 0.778. The average molecular weight is 307 g/mol. The second kappa shape index (κ2) is 7.57. The lowest BCUT2D eigenvalue weighted by Crippen LogP contribution is -2.12. The monoisotopic (exact) mass is 307 g/mol. The molecule has 0 atom stereocenters. The Bertz CT molecular complexity index is 590. The Morgan fingerprint density at radius 3 is 2.38 bits per heavy atom. The first-order chi connectivity index (χ1) is 10.1. The van der Waals surface area contributed by atoms with Gasteiger partial charge in [0.15, 0.2) is 0 Å². The molecule has 1 N–H and O–H groups in total. The van der Waals surface area contributed by atoms with Crippen molar-refractivity contribution in [3.05, 3.63) is 64.7 Å². The van der Waals surface area contributed by atoms with Gasteiger partial charge in [0.05, 0.1) is 4.90 Å². The minimum Gasteiger partial charge on any atom is -0.313 e. The normalized spacial score (nSPS) is 10.9. The van der Waals surface area contributed by atoms with Crippen molar-refractivity contribution in [2.24, 2.45) is 0 Å². The van der Waals surface area contributed by atoms with Gasteiger partial charge in [0, 0.05) is 12.3 Å². The fourth-order valence-electron chi connectivity index (χ4n) is 2.04. The Morgan fingerprint density at radius 1 is 1.10 bits per heavy atom. The molecule has 1 nitrogen and oxygen atoms in total. The van der Waals surface area contributed by atoms with Crippen LogP contribution in [0.4, 0.5) is 8.78 Å². The van der Waals surface area contributed by atoms with Crippen LogP contribution < -0.4 is 5.32 Å². The summed E-state index contributed by atoms with van der Waals surface area (Å²) in [6, 6.07) is 10.7. The van der Waals surface area contributed by atoms with Crippen LogP contribution in [0, 0.1) is 18.6 Å². The highest BCUT2D eigenvalue weighted by Crippen LogP contribution is 2.30. The number of hydrogen-bond donors (Lipinski definition) is 1. The Hall–Kier alpha value is -1.39. The SMILES string of the molecule is CCNCc1cc(F)c(SCc2ccccc2C)c(F)c1. The molecule has 0 unspecified atom stereocenters. The molecule has 112 valence electrons. The first kappa shape index (κ1) is 16.0. The number of hydrogen-bond acceptors (Lipinski definition) is 2. The third kappa shape index (κ3) is 4.29. The van der Waals surface area contributed by atoms with E-state index in [4.69, 9.17) is 0 Å². The lowest BCUT2D eigenvalue weighted by Gasteiger charge is -2.09. The smallest absolute Gasteiger partial charge is 0.140 e. The molecule has 4 heteroatoms. The van der Waals surface area contributed by atoms with Gasteiger partial charge in [0.2, 0.25) is 0 Å². The summed E-state index contributed by atoms with van der Waals surface area (Å²) >= 11 is 1.20. The molecule has 2 aromatic carbocycles. The highest BCUT2D eigenvalue weighted by Gasteiger charge is 2.12. The third-order valence-corrected chi connectivity index (χ3v) is 4.40. The molecular formula is C17H19F2NS. The summed E-state index contributed by atoms with van der Waals surface area (Å²) in [5.74, 6) is -0.407. The minimum absolute atomic E-state index is 0.0958. The largest absolute Gasteiger partial charge is 0.313 e. The summed E-state index contributed by atoms with van der Waals surface area (Å²) in [7, 11) is 0. The van der Waals surface area contributed by atoms with Gasteiger partial charge in [0.25, 0.3) is 0 Å². The molecule has 0 aliphatic heterocycles. The molecule has 2 rings (SSSR count). The molecule has 0 saturated carbocycles. The van der Waals surface area contributed by atoms with Gasteiger partial charge in [0.1, 0.15) is 11.6 Å². The van der Waals surface area contributed by atoms with Gasteiger partial charge >= 0.3 is 0 Å². The highest BCUT2D eigenvalue weighted by atomic mass is 32.2. The Labute approximate surface area is 128 Å². The van der Waals surface area contributed by atoms with Crippen molar-refractivity contribution in [1.82, 2.24) is 5.32 Å². The van der Waals surface area contributed by atoms with Crippen LogP contribution in [0.25, 0.3) is 0 Å². The van der Waals surface area contributed by atoms with Gasteiger partial charge in [-0.2, -0.15) is 0 Å².